The molecule has 2 fully saturated rings. The lowest BCUT2D eigenvalue weighted by Gasteiger charge is -2.19. The summed E-state index contributed by atoms with van der Waals surface area (Å²) < 4.78 is 46.3. The Labute approximate surface area is 128 Å². The molecule has 2 aliphatic rings. The highest BCUT2D eigenvalue weighted by molar-refractivity contribution is 5.83. The number of hydrogen-bond acceptors (Lipinski definition) is 6. The summed E-state index contributed by atoms with van der Waals surface area (Å²) in [4.78, 5) is 29.5. The number of carbonyl (C=O) groups excluding carboxylic acids is 2. The molecule has 3 rings (SSSR count). The number of alkyl halides is 3. The normalized spacial score (nSPS) is 21.9. The highest BCUT2D eigenvalue weighted by Gasteiger charge is 2.40. The Bertz CT molecular complexity index is 618. The topological polar surface area (TPSA) is 88.8 Å². The van der Waals surface area contributed by atoms with Crippen molar-refractivity contribution >= 4 is 12.0 Å². The largest absolute Gasteiger partial charge is 0.471 e. The van der Waals surface area contributed by atoms with Gasteiger partial charge in [-0.3, -0.25) is 9.69 Å². The van der Waals surface area contributed by atoms with Crippen LogP contribution in [-0.4, -0.2) is 64.7 Å². The number of likely N-dealkylation sites (tertiary alicyclic amines) is 1. The van der Waals surface area contributed by atoms with Crippen molar-refractivity contribution in [3.8, 4) is 0 Å². The Morgan fingerprint density at radius 1 is 1.35 bits per heavy atom. The molecule has 126 valence electrons. The lowest BCUT2D eigenvalue weighted by molar-refractivity contribution is -0.159. The van der Waals surface area contributed by atoms with Gasteiger partial charge in [-0.25, -0.2) is 4.79 Å². The van der Waals surface area contributed by atoms with E-state index in [0.717, 1.165) is 0 Å². The third kappa shape index (κ3) is 3.22. The van der Waals surface area contributed by atoms with Crippen LogP contribution in [0.15, 0.2) is 4.52 Å². The molecule has 11 heteroatoms. The van der Waals surface area contributed by atoms with Gasteiger partial charge in [-0.05, 0) is 6.42 Å². The Morgan fingerprint density at radius 3 is 2.74 bits per heavy atom. The SMILES string of the molecule is O=C(CN1CCOC1=O)N1CC[C@@H](c2noc(C(F)(F)F)n2)C1. The number of nitrogens with zero attached hydrogens (tertiary/aromatic N) is 4. The zero-order valence-corrected chi connectivity index (χ0v) is 11.9. The minimum absolute atomic E-state index is 0.0618. The van der Waals surface area contributed by atoms with Crippen molar-refractivity contribution in [3.05, 3.63) is 11.7 Å². The van der Waals surface area contributed by atoms with Crippen molar-refractivity contribution < 1.29 is 32.0 Å². The van der Waals surface area contributed by atoms with Crippen molar-refractivity contribution in [2.24, 2.45) is 0 Å². The third-order valence-corrected chi connectivity index (χ3v) is 3.76. The summed E-state index contributed by atoms with van der Waals surface area (Å²) in [5, 5.41) is 3.35. The zero-order chi connectivity index (χ0) is 16.6. The number of ether oxygens (including phenoxy) is 1. The highest BCUT2D eigenvalue weighted by Crippen LogP contribution is 2.31. The molecular formula is C12H13F3N4O4. The molecule has 0 spiro atoms. The number of hydrogen-bond donors (Lipinski definition) is 0. The van der Waals surface area contributed by atoms with Gasteiger partial charge in [0.15, 0.2) is 5.82 Å². The summed E-state index contributed by atoms with van der Waals surface area (Å²) in [6.45, 7) is 1.05. The van der Waals surface area contributed by atoms with Crippen molar-refractivity contribution in [2.75, 3.05) is 32.8 Å². The molecule has 3 heterocycles. The molecule has 1 aromatic rings. The summed E-state index contributed by atoms with van der Waals surface area (Å²) in [6.07, 6.45) is -4.79. The number of aromatic nitrogens is 2. The highest BCUT2D eigenvalue weighted by atomic mass is 19.4. The molecular weight excluding hydrogens is 321 g/mol. The zero-order valence-electron chi connectivity index (χ0n) is 11.9. The predicted octanol–water partition coefficient (Wildman–Crippen LogP) is 0.857. The van der Waals surface area contributed by atoms with E-state index in [1.807, 2.05) is 0 Å². The quantitative estimate of drug-likeness (QED) is 0.814. The molecule has 23 heavy (non-hydrogen) atoms. The second kappa shape index (κ2) is 5.70. The first kappa shape index (κ1) is 15.6. The van der Waals surface area contributed by atoms with Crippen LogP contribution in [0, 0.1) is 0 Å². The molecule has 2 amide bonds. The van der Waals surface area contributed by atoms with Crippen molar-refractivity contribution in [2.45, 2.75) is 18.5 Å². The second-order valence-electron chi connectivity index (χ2n) is 5.32. The standard InChI is InChI=1S/C12H13F3N4O4/c13-12(14,15)10-16-9(17-23-10)7-1-2-18(5-7)8(20)6-19-3-4-22-11(19)21/h7H,1-6H2/t7-/m1/s1. The van der Waals surface area contributed by atoms with Gasteiger partial charge in [0, 0.05) is 19.0 Å². The van der Waals surface area contributed by atoms with Gasteiger partial charge >= 0.3 is 18.2 Å². The minimum Gasteiger partial charge on any atom is -0.448 e. The molecule has 0 aromatic carbocycles. The van der Waals surface area contributed by atoms with E-state index < -0.39 is 24.1 Å². The van der Waals surface area contributed by atoms with E-state index in [2.05, 4.69) is 14.7 Å². The van der Waals surface area contributed by atoms with E-state index >= 15 is 0 Å². The van der Waals surface area contributed by atoms with Crippen LogP contribution in [0.4, 0.5) is 18.0 Å². The van der Waals surface area contributed by atoms with Crippen LogP contribution in [0.25, 0.3) is 0 Å². The second-order valence-corrected chi connectivity index (χ2v) is 5.32. The van der Waals surface area contributed by atoms with Gasteiger partial charge in [0.25, 0.3) is 0 Å². The van der Waals surface area contributed by atoms with E-state index in [9.17, 15) is 22.8 Å². The Hall–Kier alpha value is -2.33. The molecule has 1 aromatic heterocycles. The monoisotopic (exact) mass is 334 g/mol. The van der Waals surface area contributed by atoms with Crippen LogP contribution in [0.5, 0.6) is 0 Å². The van der Waals surface area contributed by atoms with Crippen LogP contribution in [0.3, 0.4) is 0 Å². The molecule has 0 radical (unpaired) electrons. The van der Waals surface area contributed by atoms with Gasteiger partial charge in [-0.15, -0.1) is 0 Å². The number of carbonyl (C=O) groups is 2. The molecule has 0 N–H and O–H groups in total. The molecule has 2 aliphatic heterocycles. The van der Waals surface area contributed by atoms with E-state index in [-0.39, 0.29) is 31.4 Å². The van der Waals surface area contributed by atoms with Gasteiger partial charge in [0.05, 0.1) is 6.54 Å². The van der Waals surface area contributed by atoms with E-state index in [1.165, 1.54) is 9.80 Å². The number of cyclic esters (lactones) is 1. The Balaban J connectivity index is 1.58. The van der Waals surface area contributed by atoms with Crippen molar-refractivity contribution in [3.63, 3.8) is 0 Å². The van der Waals surface area contributed by atoms with Crippen LogP contribution < -0.4 is 0 Å². The Morgan fingerprint density at radius 2 is 2.13 bits per heavy atom. The van der Waals surface area contributed by atoms with Crippen molar-refractivity contribution in [1.29, 1.82) is 0 Å². The maximum atomic E-state index is 12.4. The molecule has 2 saturated heterocycles. The maximum absolute atomic E-state index is 12.4. The number of rotatable bonds is 3. The summed E-state index contributed by atoms with van der Waals surface area (Å²) >= 11 is 0. The van der Waals surface area contributed by atoms with Crippen LogP contribution in [0.2, 0.25) is 0 Å². The van der Waals surface area contributed by atoms with E-state index in [1.54, 1.807) is 0 Å². The fourth-order valence-corrected chi connectivity index (χ4v) is 2.55. The fraction of sp³-hybridized carbons (Fsp3) is 0.667. The average molecular weight is 334 g/mol. The van der Waals surface area contributed by atoms with Gasteiger partial charge in [-0.2, -0.15) is 18.2 Å². The van der Waals surface area contributed by atoms with Gasteiger partial charge in [0.1, 0.15) is 13.2 Å². The molecule has 0 bridgehead atoms. The third-order valence-electron chi connectivity index (χ3n) is 3.76. The van der Waals surface area contributed by atoms with Crippen LogP contribution >= 0.6 is 0 Å². The molecule has 8 nitrogen and oxygen atoms in total. The lowest BCUT2D eigenvalue weighted by Crippen LogP contribution is -2.39. The van der Waals surface area contributed by atoms with Crippen molar-refractivity contribution in [1.82, 2.24) is 19.9 Å². The van der Waals surface area contributed by atoms with Gasteiger partial charge < -0.3 is 14.2 Å². The van der Waals surface area contributed by atoms with Crippen LogP contribution in [-0.2, 0) is 15.7 Å². The summed E-state index contributed by atoms with van der Waals surface area (Å²) in [5.74, 6) is -2.15. The summed E-state index contributed by atoms with van der Waals surface area (Å²) in [5.41, 5.74) is 0. The predicted molar refractivity (Wildman–Crippen MR) is 66.2 cm³/mol. The molecule has 1 atom stereocenters. The van der Waals surface area contributed by atoms with Gasteiger partial charge in [-0.1, -0.05) is 5.16 Å². The van der Waals surface area contributed by atoms with E-state index in [0.29, 0.717) is 19.5 Å². The van der Waals surface area contributed by atoms with E-state index in [4.69, 9.17) is 4.74 Å². The first-order chi connectivity index (χ1) is 10.8. The fourth-order valence-electron chi connectivity index (χ4n) is 2.55. The molecule has 0 unspecified atom stereocenters. The lowest BCUT2D eigenvalue weighted by atomic mass is 10.1. The van der Waals surface area contributed by atoms with Gasteiger partial charge in [0.2, 0.25) is 5.91 Å². The smallest absolute Gasteiger partial charge is 0.448 e. The first-order valence-corrected chi connectivity index (χ1v) is 6.95. The summed E-state index contributed by atoms with van der Waals surface area (Å²) in [6, 6.07) is 0. The Kier molecular flexibility index (Phi) is 3.86. The molecule has 0 aliphatic carbocycles. The number of amides is 2. The number of halogens is 3. The average Bonchev–Trinajstić information content (AvgIpc) is 3.17. The maximum Gasteiger partial charge on any atom is 0.471 e. The summed E-state index contributed by atoms with van der Waals surface area (Å²) in [7, 11) is 0. The first-order valence-electron chi connectivity index (χ1n) is 6.95. The van der Waals surface area contributed by atoms with Crippen LogP contribution in [0.1, 0.15) is 24.1 Å². The molecule has 0 saturated carbocycles. The minimum atomic E-state index is -4.69.